The van der Waals surface area contributed by atoms with Gasteiger partial charge in [-0.15, -0.1) is 0 Å². The molecule has 0 fully saturated rings. The maximum atomic E-state index is 4.31. The van der Waals surface area contributed by atoms with Gasteiger partial charge in [0.1, 0.15) is 12.2 Å². The zero-order valence-electron chi connectivity index (χ0n) is 11.8. The molecule has 0 aromatic carbocycles. The molecule has 0 aliphatic carbocycles. The third-order valence-electron chi connectivity index (χ3n) is 2.89. The Morgan fingerprint density at radius 1 is 1.26 bits per heavy atom. The normalized spacial score (nSPS) is 13.1. The molecule has 1 atom stereocenters. The standard InChI is InChI=1S/C13H22N6/c1-11(2)7-19-13(16-9-17-19)6-15-12(3)8-18-5-4-14-10-18/h4-5,9-12,15H,6-8H2,1-3H3. The first kappa shape index (κ1) is 13.7. The number of nitrogens with zero attached hydrogens (tertiary/aromatic N) is 5. The van der Waals surface area contributed by atoms with Crippen molar-refractivity contribution in [1.82, 2.24) is 29.6 Å². The van der Waals surface area contributed by atoms with Crippen molar-refractivity contribution in [1.29, 1.82) is 0 Å². The summed E-state index contributed by atoms with van der Waals surface area (Å²) < 4.78 is 4.04. The Morgan fingerprint density at radius 2 is 2.11 bits per heavy atom. The van der Waals surface area contributed by atoms with E-state index in [2.05, 4.69) is 45.7 Å². The van der Waals surface area contributed by atoms with Gasteiger partial charge >= 0.3 is 0 Å². The molecular formula is C13H22N6. The molecule has 0 amide bonds. The van der Waals surface area contributed by atoms with E-state index in [1.54, 1.807) is 12.5 Å². The van der Waals surface area contributed by atoms with Crippen LogP contribution in [0.25, 0.3) is 0 Å². The minimum atomic E-state index is 0.360. The SMILES string of the molecule is CC(C)Cn1ncnc1CNC(C)Cn1ccnc1. The van der Waals surface area contributed by atoms with Gasteiger partial charge in [0.25, 0.3) is 0 Å². The zero-order chi connectivity index (χ0) is 13.7. The van der Waals surface area contributed by atoms with E-state index in [-0.39, 0.29) is 0 Å². The van der Waals surface area contributed by atoms with Crippen molar-refractivity contribution in [2.24, 2.45) is 5.92 Å². The van der Waals surface area contributed by atoms with Gasteiger partial charge in [-0.2, -0.15) is 5.10 Å². The molecule has 0 saturated carbocycles. The molecule has 0 radical (unpaired) electrons. The second-order valence-corrected chi connectivity index (χ2v) is 5.29. The lowest BCUT2D eigenvalue weighted by molar-refractivity contribution is 0.430. The smallest absolute Gasteiger partial charge is 0.140 e. The Balaban J connectivity index is 1.83. The predicted octanol–water partition coefficient (Wildman–Crippen LogP) is 1.31. The number of rotatable bonds is 7. The quantitative estimate of drug-likeness (QED) is 0.817. The Labute approximate surface area is 113 Å². The highest BCUT2D eigenvalue weighted by Gasteiger charge is 2.08. The van der Waals surface area contributed by atoms with Gasteiger partial charge in [-0.3, -0.25) is 0 Å². The van der Waals surface area contributed by atoms with Crippen LogP contribution in [-0.4, -0.2) is 30.4 Å². The first-order chi connectivity index (χ1) is 9.15. The molecular weight excluding hydrogens is 240 g/mol. The molecule has 6 nitrogen and oxygen atoms in total. The highest BCUT2D eigenvalue weighted by Crippen LogP contribution is 2.01. The summed E-state index contributed by atoms with van der Waals surface area (Å²) in [4.78, 5) is 8.35. The molecule has 1 unspecified atom stereocenters. The lowest BCUT2D eigenvalue weighted by atomic mass is 10.2. The van der Waals surface area contributed by atoms with Crippen molar-refractivity contribution in [2.75, 3.05) is 0 Å². The van der Waals surface area contributed by atoms with Gasteiger partial charge in [0, 0.05) is 31.5 Å². The van der Waals surface area contributed by atoms with Gasteiger partial charge in [-0.1, -0.05) is 13.8 Å². The van der Waals surface area contributed by atoms with E-state index in [1.165, 1.54) is 0 Å². The van der Waals surface area contributed by atoms with E-state index >= 15 is 0 Å². The minimum Gasteiger partial charge on any atom is -0.336 e. The number of aromatic nitrogens is 5. The second-order valence-electron chi connectivity index (χ2n) is 5.29. The van der Waals surface area contributed by atoms with E-state index in [0.717, 1.165) is 25.5 Å². The molecule has 0 aliphatic heterocycles. The second kappa shape index (κ2) is 6.47. The Kier molecular flexibility index (Phi) is 4.68. The molecule has 104 valence electrons. The van der Waals surface area contributed by atoms with Crippen LogP contribution in [0.1, 0.15) is 26.6 Å². The highest BCUT2D eigenvalue weighted by atomic mass is 15.3. The molecule has 1 N–H and O–H groups in total. The van der Waals surface area contributed by atoms with Crippen LogP contribution < -0.4 is 5.32 Å². The molecule has 0 saturated heterocycles. The summed E-state index contributed by atoms with van der Waals surface area (Å²) in [6.45, 7) is 9.07. The van der Waals surface area contributed by atoms with Crippen LogP contribution in [0.5, 0.6) is 0 Å². The monoisotopic (exact) mass is 262 g/mol. The molecule has 19 heavy (non-hydrogen) atoms. The van der Waals surface area contributed by atoms with Crippen LogP contribution in [0, 0.1) is 5.92 Å². The summed E-state index contributed by atoms with van der Waals surface area (Å²) in [7, 11) is 0. The first-order valence-corrected chi connectivity index (χ1v) is 6.71. The Bertz CT molecular complexity index is 473. The highest BCUT2D eigenvalue weighted by molar-refractivity contribution is 4.85. The van der Waals surface area contributed by atoms with Gasteiger partial charge in [0.2, 0.25) is 0 Å². The fourth-order valence-electron chi connectivity index (χ4n) is 1.96. The van der Waals surface area contributed by atoms with E-state index in [1.807, 2.05) is 17.2 Å². The zero-order valence-corrected chi connectivity index (χ0v) is 11.8. The molecule has 0 bridgehead atoms. The first-order valence-electron chi connectivity index (χ1n) is 6.71. The molecule has 0 aliphatic rings. The van der Waals surface area contributed by atoms with Crippen LogP contribution in [0.4, 0.5) is 0 Å². The van der Waals surface area contributed by atoms with Crippen molar-refractivity contribution in [2.45, 2.75) is 46.4 Å². The van der Waals surface area contributed by atoms with Crippen molar-refractivity contribution in [3.63, 3.8) is 0 Å². The van der Waals surface area contributed by atoms with Gasteiger partial charge in [0.15, 0.2) is 0 Å². The Morgan fingerprint density at radius 3 is 2.79 bits per heavy atom. The van der Waals surface area contributed by atoms with Gasteiger partial charge in [-0.05, 0) is 12.8 Å². The average molecular weight is 262 g/mol. The van der Waals surface area contributed by atoms with Gasteiger partial charge < -0.3 is 9.88 Å². The van der Waals surface area contributed by atoms with Crippen molar-refractivity contribution in [3.8, 4) is 0 Å². The summed E-state index contributed by atoms with van der Waals surface area (Å²) >= 11 is 0. The molecule has 2 aromatic rings. The topological polar surface area (TPSA) is 60.6 Å². The summed E-state index contributed by atoms with van der Waals surface area (Å²) in [6, 6.07) is 0.360. The fourth-order valence-corrected chi connectivity index (χ4v) is 1.96. The van der Waals surface area contributed by atoms with Crippen LogP contribution in [0.15, 0.2) is 25.0 Å². The number of hydrogen-bond acceptors (Lipinski definition) is 4. The van der Waals surface area contributed by atoms with E-state index in [0.29, 0.717) is 12.0 Å². The van der Waals surface area contributed by atoms with Crippen LogP contribution in [0.3, 0.4) is 0 Å². The molecule has 2 heterocycles. The number of nitrogens with one attached hydrogen (secondary N) is 1. The minimum absolute atomic E-state index is 0.360. The molecule has 2 rings (SSSR count). The average Bonchev–Trinajstić information content (AvgIpc) is 2.97. The predicted molar refractivity (Wildman–Crippen MR) is 73.4 cm³/mol. The Hall–Kier alpha value is -1.69. The molecule has 0 spiro atoms. The fraction of sp³-hybridized carbons (Fsp3) is 0.615. The largest absolute Gasteiger partial charge is 0.336 e. The van der Waals surface area contributed by atoms with E-state index in [4.69, 9.17) is 0 Å². The van der Waals surface area contributed by atoms with Crippen molar-refractivity contribution < 1.29 is 0 Å². The lowest BCUT2D eigenvalue weighted by Crippen LogP contribution is -2.31. The third kappa shape index (κ3) is 4.17. The third-order valence-corrected chi connectivity index (χ3v) is 2.89. The van der Waals surface area contributed by atoms with Crippen molar-refractivity contribution in [3.05, 3.63) is 30.9 Å². The van der Waals surface area contributed by atoms with Crippen LogP contribution >= 0.6 is 0 Å². The number of hydrogen-bond donors (Lipinski definition) is 1. The van der Waals surface area contributed by atoms with Crippen LogP contribution in [0.2, 0.25) is 0 Å². The van der Waals surface area contributed by atoms with Gasteiger partial charge in [-0.25, -0.2) is 14.6 Å². The van der Waals surface area contributed by atoms with E-state index in [9.17, 15) is 0 Å². The summed E-state index contributed by atoms with van der Waals surface area (Å²) in [5, 5.41) is 7.73. The van der Waals surface area contributed by atoms with Gasteiger partial charge in [0.05, 0.1) is 12.9 Å². The molecule has 6 heteroatoms. The summed E-state index contributed by atoms with van der Waals surface area (Å²) in [5.41, 5.74) is 0. The molecule has 2 aromatic heterocycles. The lowest BCUT2D eigenvalue weighted by Gasteiger charge is -2.15. The van der Waals surface area contributed by atoms with Crippen molar-refractivity contribution >= 4 is 0 Å². The summed E-state index contributed by atoms with van der Waals surface area (Å²) in [6.07, 6.45) is 7.23. The maximum Gasteiger partial charge on any atom is 0.140 e. The summed E-state index contributed by atoms with van der Waals surface area (Å²) in [5.74, 6) is 1.56. The van der Waals surface area contributed by atoms with E-state index < -0.39 is 0 Å². The maximum absolute atomic E-state index is 4.31. The van der Waals surface area contributed by atoms with Crippen LogP contribution in [-0.2, 0) is 19.6 Å². The number of imidazole rings is 1.